The van der Waals surface area contributed by atoms with Crippen molar-refractivity contribution in [1.29, 1.82) is 5.26 Å². The van der Waals surface area contributed by atoms with E-state index in [9.17, 15) is 10.4 Å². The van der Waals surface area contributed by atoms with Crippen LogP contribution in [0, 0.1) is 11.3 Å². The summed E-state index contributed by atoms with van der Waals surface area (Å²) in [5, 5.41) is 22.8. The summed E-state index contributed by atoms with van der Waals surface area (Å²) < 4.78 is 0.473. The van der Waals surface area contributed by atoms with Gasteiger partial charge in [-0.3, -0.25) is 9.47 Å². The Morgan fingerprint density at radius 3 is 2.86 bits per heavy atom. The fourth-order valence-electron chi connectivity index (χ4n) is 3.36. The van der Waals surface area contributed by atoms with E-state index < -0.39 is 0 Å². The van der Waals surface area contributed by atoms with E-state index >= 15 is 0 Å². The van der Waals surface area contributed by atoms with Gasteiger partial charge in [-0.15, -0.1) is 0 Å². The molecule has 0 saturated heterocycles. The number of hydrogen-bond acceptors (Lipinski definition) is 3. The van der Waals surface area contributed by atoms with Gasteiger partial charge in [0.2, 0.25) is 0 Å². The first kappa shape index (κ1) is 14.3. The van der Waals surface area contributed by atoms with Crippen LogP contribution in [0.2, 0.25) is 0 Å². The Bertz CT molecular complexity index is 893. The van der Waals surface area contributed by atoms with Crippen molar-refractivity contribution in [2.75, 3.05) is 13.6 Å². The summed E-state index contributed by atoms with van der Waals surface area (Å²) in [4.78, 5) is 4.69. The average molecular weight is 293 g/mol. The summed E-state index contributed by atoms with van der Waals surface area (Å²) in [6, 6.07) is 9.92. The summed E-state index contributed by atoms with van der Waals surface area (Å²) in [5.41, 5.74) is 3.70. The SMILES string of the molecule is C[N@+]12C=CC([O-])=C1c1c(nc3ccccc3c1C#N)CC2.O. The summed E-state index contributed by atoms with van der Waals surface area (Å²) in [6.07, 6.45) is 4.30. The number of rotatable bonds is 0. The minimum atomic E-state index is -0.00738. The molecule has 0 radical (unpaired) electrons. The van der Waals surface area contributed by atoms with Gasteiger partial charge in [-0.05, 0) is 17.9 Å². The smallest absolute Gasteiger partial charge is 0.140 e. The Labute approximate surface area is 127 Å². The molecule has 22 heavy (non-hydrogen) atoms. The summed E-state index contributed by atoms with van der Waals surface area (Å²) in [7, 11) is 2.01. The fraction of sp³-hybridized carbons (Fsp3) is 0.176. The molecule has 0 spiro atoms. The number of likely N-dealkylation sites (N-methyl/N-ethyl adjacent to an activating group) is 1. The fourth-order valence-corrected chi connectivity index (χ4v) is 3.36. The molecule has 4 rings (SSSR count). The predicted molar refractivity (Wildman–Crippen MR) is 80.9 cm³/mol. The van der Waals surface area contributed by atoms with Gasteiger partial charge in [-0.25, -0.2) is 0 Å². The lowest BCUT2D eigenvalue weighted by Gasteiger charge is -2.36. The molecular formula is C17H15N3O2. The number of hydrogen-bond donors (Lipinski definition) is 0. The largest absolute Gasteiger partial charge is 0.868 e. The molecule has 0 bridgehead atoms. The van der Waals surface area contributed by atoms with Crippen LogP contribution in [0.15, 0.2) is 42.3 Å². The highest BCUT2D eigenvalue weighted by molar-refractivity contribution is 5.91. The van der Waals surface area contributed by atoms with E-state index in [0.717, 1.165) is 35.1 Å². The molecule has 2 aliphatic rings. The zero-order valence-corrected chi connectivity index (χ0v) is 12.1. The summed E-state index contributed by atoms with van der Waals surface area (Å²) in [6.45, 7) is 0.806. The first-order valence-corrected chi connectivity index (χ1v) is 6.92. The molecule has 5 nitrogen and oxygen atoms in total. The molecule has 110 valence electrons. The van der Waals surface area contributed by atoms with Crippen LogP contribution in [0.4, 0.5) is 0 Å². The number of fused-ring (bicyclic) bond motifs is 4. The molecule has 1 aromatic carbocycles. The van der Waals surface area contributed by atoms with Crippen LogP contribution >= 0.6 is 0 Å². The Kier molecular flexibility index (Phi) is 3.03. The number of pyridine rings is 1. The minimum Gasteiger partial charge on any atom is -0.868 e. The van der Waals surface area contributed by atoms with Gasteiger partial charge in [0.1, 0.15) is 18.0 Å². The second kappa shape index (κ2) is 4.67. The van der Waals surface area contributed by atoms with Crippen molar-refractivity contribution in [2.45, 2.75) is 6.42 Å². The van der Waals surface area contributed by atoms with Gasteiger partial charge in [0, 0.05) is 11.8 Å². The van der Waals surface area contributed by atoms with Crippen molar-refractivity contribution >= 4 is 16.6 Å². The number of nitriles is 1. The van der Waals surface area contributed by atoms with Crippen LogP contribution in [0.5, 0.6) is 0 Å². The second-order valence-electron chi connectivity index (χ2n) is 5.71. The highest BCUT2D eigenvalue weighted by Crippen LogP contribution is 2.41. The van der Waals surface area contributed by atoms with E-state index in [4.69, 9.17) is 0 Å². The van der Waals surface area contributed by atoms with Gasteiger partial charge >= 0.3 is 0 Å². The van der Waals surface area contributed by atoms with Crippen molar-refractivity contribution in [1.82, 2.24) is 4.98 Å². The van der Waals surface area contributed by atoms with Gasteiger partial charge in [0.25, 0.3) is 0 Å². The Balaban J connectivity index is 0.00000144. The monoisotopic (exact) mass is 293 g/mol. The van der Waals surface area contributed by atoms with E-state index in [-0.39, 0.29) is 11.2 Å². The number of quaternary nitrogens is 1. The molecule has 2 N–H and O–H groups in total. The predicted octanol–water partition coefficient (Wildman–Crippen LogP) is 0.841. The van der Waals surface area contributed by atoms with Crippen molar-refractivity contribution in [3.63, 3.8) is 0 Å². The van der Waals surface area contributed by atoms with E-state index in [0.29, 0.717) is 15.7 Å². The lowest BCUT2D eigenvalue weighted by atomic mass is 9.93. The third-order valence-electron chi connectivity index (χ3n) is 4.43. The van der Waals surface area contributed by atoms with Crippen LogP contribution in [0.3, 0.4) is 0 Å². The highest BCUT2D eigenvalue weighted by atomic mass is 16.3. The van der Waals surface area contributed by atoms with E-state index in [2.05, 4.69) is 11.1 Å². The zero-order valence-electron chi connectivity index (χ0n) is 12.1. The molecule has 1 atom stereocenters. The molecule has 2 aliphatic heterocycles. The Hall–Kier alpha value is -2.68. The van der Waals surface area contributed by atoms with Crippen LogP contribution in [0.25, 0.3) is 16.6 Å². The van der Waals surface area contributed by atoms with Crippen molar-refractivity contribution in [2.24, 2.45) is 0 Å². The minimum absolute atomic E-state index is 0. The number of nitrogens with zero attached hydrogens (tertiary/aromatic N) is 3. The van der Waals surface area contributed by atoms with Gasteiger partial charge in [-0.1, -0.05) is 18.2 Å². The van der Waals surface area contributed by atoms with Gasteiger partial charge < -0.3 is 10.6 Å². The number of aromatic nitrogens is 1. The van der Waals surface area contributed by atoms with Crippen LogP contribution in [-0.4, -0.2) is 28.5 Å². The van der Waals surface area contributed by atoms with Crippen LogP contribution < -0.4 is 5.11 Å². The second-order valence-corrected chi connectivity index (χ2v) is 5.71. The third kappa shape index (κ3) is 1.69. The number of benzene rings is 1. The maximum absolute atomic E-state index is 12.3. The highest BCUT2D eigenvalue weighted by Gasteiger charge is 2.39. The van der Waals surface area contributed by atoms with Crippen molar-refractivity contribution in [3.8, 4) is 6.07 Å². The van der Waals surface area contributed by atoms with Crippen LogP contribution in [-0.2, 0) is 6.42 Å². The lowest BCUT2D eigenvalue weighted by molar-refractivity contribution is -0.785. The molecule has 0 fully saturated rings. The Morgan fingerprint density at radius 2 is 2.09 bits per heavy atom. The van der Waals surface area contributed by atoms with E-state index in [1.165, 1.54) is 0 Å². The molecule has 5 heteroatoms. The third-order valence-corrected chi connectivity index (χ3v) is 4.43. The molecule has 0 amide bonds. The van der Waals surface area contributed by atoms with E-state index in [1.807, 2.05) is 37.5 Å². The summed E-state index contributed by atoms with van der Waals surface area (Å²) >= 11 is 0. The molecule has 0 aliphatic carbocycles. The zero-order chi connectivity index (χ0) is 14.6. The van der Waals surface area contributed by atoms with Crippen molar-refractivity contribution in [3.05, 3.63) is 59.1 Å². The van der Waals surface area contributed by atoms with Crippen molar-refractivity contribution < 1.29 is 15.1 Å². The first-order valence-electron chi connectivity index (χ1n) is 6.92. The summed E-state index contributed by atoms with van der Waals surface area (Å²) in [5.74, 6) is -0.00738. The molecule has 2 aromatic rings. The average Bonchev–Trinajstić information content (AvgIpc) is 2.81. The molecule has 0 saturated carbocycles. The van der Waals surface area contributed by atoms with Gasteiger partial charge in [-0.2, -0.15) is 5.26 Å². The standard InChI is InChI=1S/C17H13N3O.H2O/c1-20-8-6-14-16(17(20)15(21)7-9-20)12(10-18)11-4-2-3-5-13(11)19-14;/h2-5,7,9H,6,8H2,1H3;1H2/t20-;/m0./s1. The Morgan fingerprint density at radius 1 is 1.32 bits per heavy atom. The number of allylic oxidation sites excluding steroid dienone is 1. The molecule has 1 aromatic heterocycles. The maximum Gasteiger partial charge on any atom is 0.140 e. The lowest BCUT2D eigenvalue weighted by Crippen LogP contribution is -2.41. The normalized spacial score (nSPS) is 22.0. The quantitative estimate of drug-likeness (QED) is 0.674. The maximum atomic E-state index is 12.3. The number of para-hydroxylation sites is 1. The first-order chi connectivity index (χ1) is 10.1. The molecular weight excluding hydrogens is 278 g/mol. The topological polar surface area (TPSA) is 91.2 Å². The van der Waals surface area contributed by atoms with Crippen LogP contribution in [0.1, 0.15) is 16.8 Å². The van der Waals surface area contributed by atoms with Gasteiger partial charge in [0.05, 0.1) is 35.9 Å². The molecule has 0 unspecified atom stereocenters. The van der Waals surface area contributed by atoms with Gasteiger partial charge in [0.15, 0.2) is 0 Å². The van der Waals surface area contributed by atoms with E-state index in [1.54, 1.807) is 6.08 Å². The molecule has 3 heterocycles.